The maximum atomic E-state index is 10.6. The molecule has 0 aromatic heterocycles. The second-order valence-corrected chi connectivity index (χ2v) is 3.60. The largest absolute Gasteiger partial charge is 0.492 e. The smallest absolute Gasteiger partial charge is 0.335 e. The topological polar surface area (TPSA) is 58.6 Å². The molecule has 0 aliphatic heterocycles. The second kappa shape index (κ2) is 8.15. The van der Waals surface area contributed by atoms with Crippen molar-refractivity contribution < 1.29 is 14.6 Å². The van der Waals surface area contributed by atoms with Gasteiger partial charge in [0, 0.05) is 19.5 Å². The Labute approximate surface area is 107 Å². The van der Waals surface area contributed by atoms with Crippen LogP contribution in [0.15, 0.2) is 24.3 Å². The molecule has 0 fully saturated rings. The molecule has 0 aliphatic carbocycles. The Bertz CT molecular complexity index is 429. The number of hydrogen-bond donors (Lipinski definition) is 2. The van der Waals surface area contributed by atoms with Gasteiger partial charge in [0.2, 0.25) is 0 Å². The zero-order valence-corrected chi connectivity index (χ0v) is 10.4. The van der Waals surface area contributed by atoms with Gasteiger partial charge in [0.1, 0.15) is 12.4 Å². The third-order valence-electron chi connectivity index (χ3n) is 2.25. The van der Waals surface area contributed by atoms with E-state index in [1.165, 1.54) is 12.1 Å². The molecule has 0 radical (unpaired) electrons. The molecule has 0 saturated heterocycles. The number of nitrogens with one attached hydrogen (secondary N) is 1. The van der Waals surface area contributed by atoms with Crippen molar-refractivity contribution in [3.05, 3.63) is 29.8 Å². The van der Waals surface area contributed by atoms with Crippen molar-refractivity contribution in [2.24, 2.45) is 0 Å². The van der Waals surface area contributed by atoms with Crippen LogP contribution in [0, 0.1) is 11.8 Å². The Hall–Kier alpha value is -1.99. The molecule has 1 aromatic rings. The maximum absolute atomic E-state index is 10.6. The van der Waals surface area contributed by atoms with Gasteiger partial charge in [0.25, 0.3) is 0 Å². The molecule has 0 aliphatic rings. The van der Waals surface area contributed by atoms with Gasteiger partial charge in [-0.15, -0.1) is 11.8 Å². The number of hydrogen-bond acceptors (Lipinski definition) is 3. The Morgan fingerprint density at radius 3 is 2.67 bits per heavy atom. The van der Waals surface area contributed by atoms with Crippen molar-refractivity contribution >= 4 is 5.97 Å². The lowest BCUT2D eigenvalue weighted by molar-refractivity contribution is 0.0697. The number of carbonyl (C=O) groups is 1. The van der Waals surface area contributed by atoms with Crippen LogP contribution in [0.3, 0.4) is 0 Å². The first kappa shape index (κ1) is 14.1. The average molecular weight is 247 g/mol. The van der Waals surface area contributed by atoms with Gasteiger partial charge >= 0.3 is 5.97 Å². The van der Waals surface area contributed by atoms with E-state index in [-0.39, 0.29) is 5.56 Å². The number of carboxylic acids is 1. The monoisotopic (exact) mass is 247 g/mol. The van der Waals surface area contributed by atoms with Crippen LogP contribution in [0.4, 0.5) is 0 Å². The molecule has 4 heteroatoms. The Morgan fingerprint density at radius 1 is 1.33 bits per heavy atom. The zero-order valence-electron chi connectivity index (χ0n) is 10.4. The zero-order chi connectivity index (χ0) is 13.2. The molecule has 1 rings (SSSR count). The highest BCUT2D eigenvalue weighted by molar-refractivity contribution is 5.87. The number of ether oxygens (including phenoxy) is 1. The van der Waals surface area contributed by atoms with E-state index < -0.39 is 5.97 Å². The quantitative estimate of drug-likeness (QED) is 0.569. The summed E-state index contributed by atoms with van der Waals surface area (Å²) in [5, 5.41) is 11.9. The van der Waals surface area contributed by atoms with Crippen molar-refractivity contribution in [3.8, 4) is 17.6 Å². The molecule has 1 aromatic carbocycles. The van der Waals surface area contributed by atoms with Gasteiger partial charge in [-0.2, -0.15) is 0 Å². The van der Waals surface area contributed by atoms with Gasteiger partial charge in [0.15, 0.2) is 0 Å². The van der Waals surface area contributed by atoms with Crippen LogP contribution in [0.25, 0.3) is 0 Å². The summed E-state index contributed by atoms with van der Waals surface area (Å²) in [6, 6.07) is 6.38. The Morgan fingerprint density at radius 2 is 2.06 bits per heavy atom. The van der Waals surface area contributed by atoms with Crippen LogP contribution in [0.1, 0.15) is 23.7 Å². The van der Waals surface area contributed by atoms with E-state index >= 15 is 0 Å². The van der Waals surface area contributed by atoms with E-state index in [2.05, 4.69) is 17.2 Å². The molecule has 0 bridgehead atoms. The second-order valence-electron chi connectivity index (χ2n) is 3.60. The molecule has 2 N–H and O–H groups in total. The summed E-state index contributed by atoms with van der Waals surface area (Å²) in [5.41, 5.74) is 0.263. The maximum Gasteiger partial charge on any atom is 0.335 e. The first-order chi connectivity index (χ1) is 8.74. The highest BCUT2D eigenvalue weighted by Crippen LogP contribution is 2.11. The van der Waals surface area contributed by atoms with E-state index in [4.69, 9.17) is 9.84 Å². The summed E-state index contributed by atoms with van der Waals surface area (Å²) < 4.78 is 5.46. The summed E-state index contributed by atoms with van der Waals surface area (Å²) in [4.78, 5) is 10.6. The lowest BCUT2D eigenvalue weighted by Crippen LogP contribution is -2.21. The van der Waals surface area contributed by atoms with E-state index in [9.17, 15) is 4.79 Å². The fraction of sp³-hybridized carbons (Fsp3) is 0.357. The van der Waals surface area contributed by atoms with E-state index in [1.807, 2.05) is 6.92 Å². The predicted molar refractivity (Wildman–Crippen MR) is 69.8 cm³/mol. The molecule has 4 nitrogen and oxygen atoms in total. The summed E-state index contributed by atoms with van der Waals surface area (Å²) in [6.45, 7) is 3.96. The van der Waals surface area contributed by atoms with Crippen molar-refractivity contribution in [1.29, 1.82) is 0 Å². The van der Waals surface area contributed by atoms with Crippen LogP contribution in [-0.2, 0) is 0 Å². The van der Waals surface area contributed by atoms with E-state index in [0.29, 0.717) is 12.4 Å². The molecule has 0 amide bonds. The predicted octanol–water partition coefficient (Wildman–Crippen LogP) is 1.77. The van der Waals surface area contributed by atoms with Crippen LogP contribution in [0.2, 0.25) is 0 Å². The summed E-state index contributed by atoms with van der Waals surface area (Å²) in [5.74, 6) is 5.54. The molecule has 0 unspecified atom stereocenters. The van der Waals surface area contributed by atoms with Crippen molar-refractivity contribution in [3.63, 3.8) is 0 Å². The number of carboxylic acid groups (broad SMARTS) is 1. The minimum atomic E-state index is -0.930. The molecule has 0 heterocycles. The molecule has 18 heavy (non-hydrogen) atoms. The third-order valence-corrected chi connectivity index (χ3v) is 2.25. The summed E-state index contributed by atoms with van der Waals surface area (Å²) in [7, 11) is 0. The number of benzene rings is 1. The van der Waals surface area contributed by atoms with Crippen molar-refractivity contribution in [1.82, 2.24) is 5.32 Å². The molecule has 96 valence electrons. The summed E-state index contributed by atoms with van der Waals surface area (Å²) >= 11 is 0. The van der Waals surface area contributed by atoms with E-state index in [0.717, 1.165) is 19.5 Å². The Kier molecular flexibility index (Phi) is 6.37. The normalized spacial score (nSPS) is 9.39. The SMILES string of the molecule is CC#CCCNCCOc1ccc(C(=O)O)cc1. The number of aromatic carboxylic acids is 1. The first-order valence-corrected chi connectivity index (χ1v) is 5.80. The fourth-order valence-electron chi connectivity index (χ4n) is 1.34. The minimum absolute atomic E-state index is 0.263. The van der Waals surface area contributed by atoms with Gasteiger partial charge in [-0.05, 0) is 31.2 Å². The van der Waals surface area contributed by atoms with Crippen molar-refractivity contribution in [2.75, 3.05) is 19.7 Å². The van der Waals surface area contributed by atoms with Crippen LogP contribution < -0.4 is 10.1 Å². The standard InChI is InChI=1S/C14H17NO3/c1-2-3-4-9-15-10-11-18-13-7-5-12(6-8-13)14(16)17/h5-8,15H,4,9-11H2,1H3,(H,16,17). The highest BCUT2D eigenvalue weighted by Gasteiger charge is 2.01. The lowest BCUT2D eigenvalue weighted by Gasteiger charge is -2.06. The van der Waals surface area contributed by atoms with Crippen LogP contribution in [0.5, 0.6) is 5.75 Å². The molecular formula is C14H17NO3. The molecule has 0 atom stereocenters. The van der Waals surface area contributed by atoms with Crippen LogP contribution in [-0.4, -0.2) is 30.8 Å². The first-order valence-electron chi connectivity index (χ1n) is 5.80. The molecule has 0 saturated carbocycles. The van der Waals surface area contributed by atoms with Gasteiger partial charge < -0.3 is 15.2 Å². The van der Waals surface area contributed by atoms with Gasteiger partial charge in [-0.25, -0.2) is 4.79 Å². The lowest BCUT2D eigenvalue weighted by atomic mass is 10.2. The summed E-state index contributed by atoms with van der Waals surface area (Å²) in [6.07, 6.45) is 0.837. The van der Waals surface area contributed by atoms with Gasteiger partial charge in [0.05, 0.1) is 5.56 Å². The molecule has 0 spiro atoms. The average Bonchev–Trinajstić information content (AvgIpc) is 2.38. The van der Waals surface area contributed by atoms with Gasteiger partial charge in [-0.3, -0.25) is 0 Å². The fourth-order valence-corrected chi connectivity index (χ4v) is 1.34. The minimum Gasteiger partial charge on any atom is -0.492 e. The number of rotatable bonds is 7. The van der Waals surface area contributed by atoms with Crippen LogP contribution >= 0.6 is 0 Å². The van der Waals surface area contributed by atoms with Crippen molar-refractivity contribution in [2.45, 2.75) is 13.3 Å². The molecular weight excluding hydrogens is 230 g/mol. The van der Waals surface area contributed by atoms with E-state index in [1.54, 1.807) is 12.1 Å². The highest BCUT2D eigenvalue weighted by atomic mass is 16.5. The van der Waals surface area contributed by atoms with Gasteiger partial charge in [-0.1, -0.05) is 0 Å². The third kappa shape index (κ3) is 5.37. The Balaban J connectivity index is 2.18.